The van der Waals surface area contributed by atoms with Gasteiger partial charge in [0.2, 0.25) is 0 Å². The molecule has 1 atom stereocenters. The lowest BCUT2D eigenvalue weighted by Gasteiger charge is -2.49. The summed E-state index contributed by atoms with van der Waals surface area (Å²) in [6.07, 6.45) is -21.2. The van der Waals surface area contributed by atoms with Crippen LogP contribution in [0.15, 0.2) is 0 Å². The van der Waals surface area contributed by atoms with E-state index in [0.29, 0.717) is 0 Å². The molecule has 0 aromatic carbocycles. The second-order valence-electron chi connectivity index (χ2n) is 17.2. The summed E-state index contributed by atoms with van der Waals surface area (Å²) in [6, 6.07) is 0. The van der Waals surface area contributed by atoms with Gasteiger partial charge in [-0.15, -0.1) is 0 Å². The van der Waals surface area contributed by atoms with E-state index < -0.39 is 185 Å². The van der Waals surface area contributed by atoms with Gasteiger partial charge >= 0.3 is 172 Å². The van der Waals surface area contributed by atoms with Gasteiger partial charge in [0.25, 0.3) is 0 Å². The molecule has 0 rings (SSSR count). The van der Waals surface area contributed by atoms with Crippen LogP contribution in [0, 0.1) is 6.43 Å². The third-order valence-electron chi connectivity index (χ3n) is 11.6. The Bertz CT molecular complexity index is 2540. The van der Waals surface area contributed by atoms with Crippen molar-refractivity contribution in [2.75, 3.05) is 0 Å². The van der Waals surface area contributed by atoms with Crippen LogP contribution in [0.5, 0.6) is 0 Å². The monoisotopic (exact) mass is 1490 g/mol. The first-order valence-corrected chi connectivity index (χ1v) is 19.5. The first kappa shape index (κ1) is 85.9. The molecule has 0 fully saturated rings. The number of hydrogen-bond acceptors (Lipinski definition) is 0. The van der Waals surface area contributed by atoms with Crippen molar-refractivity contribution < 1.29 is 255 Å². The van der Waals surface area contributed by atoms with Crippen molar-refractivity contribution >= 4 is 0 Å². The summed E-state index contributed by atoms with van der Waals surface area (Å²) in [5.41, 5.74) is -11.0. The Morgan fingerprint density at radius 1 is 0.167 bits per heavy atom. The maximum absolute atomic E-state index is 14.9. The van der Waals surface area contributed by atoms with E-state index >= 15 is 0 Å². The van der Waals surface area contributed by atoms with Crippen LogP contribution in [0.25, 0.3) is 0 Å². The average Bonchev–Trinajstić information content (AvgIpc) is 3.31. The Labute approximate surface area is 448 Å². The van der Waals surface area contributed by atoms with E-state index in [2.05, 4.69) is 0 Å². The molecular weight excluding hydrogens is 1490 g/mol. The van der Waals surface area contributed by atoms with Crippen molar-refractivity contribution in [1.29, 1.82) is 0 Å². The topological polar surface area (TPSA) is 0 Å². The summed E-state index contributed by atoms with van der Waals surface area (Å²) >= 11 is 0. The lowest BCUT2D eigenvalue weighted by atomic mass is 9.76. The zero-order chi connectivity index (χ0) is 75.0. The molecule has 90 heavy (non-hydrogen) atoms. The highest BCUT2D eigenvalue weighted by atomic mass is 19.5. The van der Waals surface area contributed by atoms with E-state index in [1.807, 2.05) is 0 Å². The molecule has 0 nitrogen and oxygen atoms in total. The standard InChI is InChI=1S/C32H7F58/c1-2-3-5(35,36)7(38,39)10(44,45)13(50,51)16(56,57)19(62,63)22(68,69)23(70,71)20(64,65)17(58,59)14(52,53)11(46,47)8(40,41)6(37,4(33)34)9(42,43)12(48,49)15(54,55)18(60,61)21(66,67)24(72,73)25(74,75)26(76,77)27(78,79)28(80,81)29(82,83)30(84,85)31(86,87)32(88,89)90/h2-3H2,1H3. The van der Waals surface area contributed by atoms with Crippen LogP contribution in [0.1, 0.15) is 19.8 Å². The van der Waals surface area contributed by atoms with E-state index in [0.717, 1.165) is 0 Å². The molecule has 0 aliphatic carbocycles. The molecule has 541 valence electrons. The molecule has 0 spiro atoms. The average molecular weight is 1490 g/mol. The summed E-state index contributed by atoms with van der Waals surface area (Å²) in [5, 5.41) is 0. The van der Waals surface area contributed by atoms with Crippen LogP contribution in [-0.2, 0) is 0 Å². The summed E-state index contributed by atoms with van der Waals surface area (Å²) in [4.78, 5) is 0. The molecule has 0 heterocycles. The van der Waals surface area contributed by atoms with Crippen LogP contribution in [0.4, 0.5) is 255 Å². The predicted molar refractivity (Wildman–Crippen MR) is 159 cm³/mol. The van der Waals surface area contributed by atoms with Gasteiger partial charge in [-0.3, -0.25) is 0 Å². The first-order valence-electron chi connectivity index (χ1n) is 19.5. The molecule has 1 unspecified atom stereocenters. The Morgan fingerprint density at radius 2 is 0.278 bits per heavy atom. The van der Waals surface area contributed by atoms with Gasteiger partial charge in [0.1, 0.15) is 0 Å². The summed E-state index contributed by atoms with van der Waals surface area (Å²) in [6.45, 7) is 0.0634. The molecule has 0 saturated carbocycles. The highest BCUT2D eigenvalue weighted by Crippen LogP contribution is 2.74. The molecule has 0 bridgehead atoms. The molecule has 0 aromatic heterocycles. The lowest BCUT2D eigenvalue weighted by molar-refractivity contribution is -0.494. The number of hydrogen-bond donors (Lipinski definition) is 0. The second kappa shape index (κ2) is 21.0. The third kappa shape index (κ3) is 9.32. The lowest BCUT2D eigenvalue weighted by Crippen LogP contribution is -2.82. The molecular formula is C32H7F58. The van der Waals surface area contributed by atoms with Crippen molar-refractivity contribution in [3.63, 3.8) is 0 Å². The molecule has 0 amide bonds. The molecule has 0 saturated heterocycles. The summed E-state index contributed by atoms with van der Waals surface area (Å²) in [5.74, 6) is -272. The van der Waals surface area contributed by atoms with E-state index in [4.69, 9.17) is 0 Å². The van der Waals surface area contributed by atoms with Crippen LogP contribution in [0.2, 0.25) is 0 Å². The minimum Gasteiger partial charge on any atom is -0.223 e. The number of halogens is 58. The van der Waals surface area contributed by atoms with E-state index in [-0.39, 0.29) is 6.92 Å². The summed E-state index contributed by atoms with van der Waals surface area (Å²) < 4.78 is 810. The van der Waals surface area contributed by atoms with Gasteiger partial charge in [-0.05, 0) is 0 Å². The zero-order valence-corrected chi connectivity index (χ0v) is 38.8. The van der Waals surface area contributed by atoms with Crippen molar-refractivity contribution in [3.05, 3.63) is 6.43 Å². The minimum absolute atomic E-state index is 0.0634. The van der Waals surface area contributed by atoms with Gasteiger partial charge < -0.3 is 0 Å². The number of alkyl halides is 56. The Kier molecular flexibility index (Phi) is 20.0. The quantitative estimate of drug-likeness (QED) is 0.0655. The van der Waals surface area contributed by atoms with Gasteiger partial charge in [0.15, 0.2) is 0 Å². The Hall–Kier alpha value is -4.06. The van der Waals surface area contributed by atoms with Gasteiger partial charge in [0, 0.05) is 6.42 Å². The fourth-order valence-electron chi connectivity index (χ4n) is 5.89. The maximum atomic E-state index is 14.9. The van der Waals surface area contributed by atoms with Gasteiger partial charge in [-0.2, -0.15) is 250 Å². The van der Waals surface area contributed by atoms with Crippen LogP contribution in [-0.4, -0.2) is 166 Å². The fourth-order valence-corrected chi connectivity index (χ4v) is 5.89. The SMILES string of the molecule is CCCC(F)(F)C(F)(F)C(F)(F)C(F)(F)C(F)(F)C(F)(F)C(F)(F)C(F)(F)C(F)(F)C(F)(F)C(F)(F)C(F)(F)C(F)(F)C(F)([C](F)F)C(F)(F)C(F)(F)C(F)(F)C(F)(F)C(F)(F)C(F)(F)C(F)(F)C(F)(F)C(F)(F)C(F)(F)C(F)(F)C(F)(F)C(F)(F)C(F)(F)F. The fraction of sp³-hybridized carbons (Fsp3) is 0.969. The molecule has 58 heteroatoms. The Balaban J connectivity index is 8.59. The highest BCUT2D eigenvalue weighted by Gasteiger charge is 3.06. The van der Waals surface area contributed by atoms with Crippen molar-refractivity contribution in [1.82, 2.24) is 0 Å². The first-order chi connectivity index (χ1) is 37.8. The predicted octanol–water partition coefficient (Wildman–Crippen LogP) is 20.0. The summed E-state index contributed by atoms with van der Waals surface area (Å²) in [7, 11) is 0. The maximum Gasteiger partial charge on any atom is 0.460 e. The highest BCUT2D eigenvalue weighted by molar-refractivity contribution is 5.29. The number of rotatable bonds is 29. The smallest absolute Gasteiger partial charge is 0.223 e. The van der Waals surface area contributed by atoms with Crippen LogP contribution in [0.3, 0.4) is 0 Å². The van der Waals surface area contributed by atoms with Gasteiger partial charge in [-0.25, -0.2) is 4.39 Å². The third-order valence-corrected chi connectivity index (χ3v) is 11.6. The molecule has 0 N–H and O–H groups in total. The molecule has 0 aliphatic rings. The Morgan fingerprint density at radius 3 is 0.389 bits per heavy atom. The van der Waals surface area contributed by atoms with Crippen molar-refractivity contribution in [2.45, 2.75) is 186 Å². The van der Waals surface area contributed by atoms with E-state index in [9.17, 15) is 255 Å². The van der Waals surface area contributed by atoms with E-state index in [1.54, 1.807) is 0 Å². The molecule has 1 radical (unpaired) electrons. The van der Waals surface area contributed by atoms with E-state index in [1.165, 1.54) is 0 Å². The van der Waals surface area contributed by atoms with Crippen LogP contribution < -0.4 is 0 Å². The zero-order valence-electron chi connectivity index (χ0n) is 38.8. The van der Waals surface area contributed by atoms with Crippen molar-refractivity contribution in [3.8, 4) is 0 Å². The minimum atomic E-state index is -11.3. The largest absolute Gasteiger partial charge is 0.460 e. The molecule has 0 aromatic rings. The normalized spacial score (nSPS) is 18.0. The molecule has 0 aliphatic heterocycles. The second-order valence-corrected chi connectivity index (χ2v) is 17.2. The van der Waals surface area contributed by atoms with Crippen LogP contribution >= 0.6 is 0 Å². The van der Waals surface area contributed by atoms with Gasteiger partial charge in [-0.1, -0.05) is 13.3 Å². The van der Waals surface area contributed by atoms with Gasteiger partial charge in [0.05, 0.1) is 0 Å². The van der Waals surface area contributed by atoms with Crippen molar-refractivity contribution in [2.24, 2.45) is 0 Å².